The number of carbonyl (C=O) groups is 2. The van der Waals surface area contributed by atoms with Gasteiger partial charge in [-0.05, 0) is 6.42 Å². The van der Waals surface area contributed by atoms with Gasteiger partial charge in [0.05, 0.1) is 13.0 Å². The molecule has 2 unspecified atom stereocenters. The number of nitrogens with zero attached hydrogens (tertiary/aromatic N) is 2. The molecule has 0 bridgehead atoms. The van der Waals surface area contributed by atoms with Crippen molar-refractivity contribution in [3.63, 3.8) is 0 Å². The predicted octanol–water partition coefficient (Wildman–Crippen LogP) is 3.78. The van der Waals surface area contributed by atoms with E-state index in [2.05, 4.69) is 11.9 Å². The van der Waals surface area contributed by atoms with E-state index in [4.69, 9.17) is 14.9 Å². The van der Waals surface area contributed by atoms with Gasteiger partial charge in [-0.1, -0.05) is 64.7 Å². The third-order valence-corrected chi connectivity index (χ3v) is 4.91. The molecule has 0 fully saturated rings. The highest BCUT2D eigenvalue weighted by atomic mass is 16.5. The van der Waals surface area contributed by atoms with E-state index >= 15 is 0 Å². The zero-order valence-electron chi connectivity index (χ0n) is 17.5. The standard InChI is InChI=1S/C21H36N2O6/c1-2-3-4-5-6-7-8-9-10-11-14-23-15-13-22-20(23)19(18(26)21(27)28)29-16-12-17(24)25/h13,15,18-19,26H,2-12,14,16H2,1H3,(H,24,25)(H,27,28). The predicted molar refractivity (Wildman–Crippen MR) is 109 cm³/mol. The third-order valence-electron chi connectivity index (χ3n) is 4.91. The SMILES string of the molecule is CCCCCCCCCCCCn1ccnc1C(OCCC(=O)O)C(O)C(=O)O. The Morgan fingerprint density at radius 3 is 2.17 bits per heavy atom. The summed E-state index contributed by atoms with van der Waals surface area (Å²) < 4.78 is 7.15. The van der Waals surface area contributed by atoms with E-state index in [1.807, 2.05) is 0 Å². The molecule has 8 nitrogen and oxygen atoms in total. The minimum Gasteiger partial charge on any atom is -0.481 e. The highest BCUT2D eigenvalue weighted by Gasteiger charge is 2.31. The number of hydrogen-bond donors (Lipinski definition) is 3. The molecule has 166 valence electrons. The highest BCUT2D eigenvalue weighted by Crippen LogP contribution is 2.22. The van der Waals surface area contributed by atoms with Gasteiger partial charge in [-0.15, -0.1) is 0 Å². The second-order valence-electron chi connectivity index (χ2n) is 7.38. The average Bonchev–Trinajstić information content (AvgIpc) is 3.14. The Morgan fingerprint density at radius 2 is 1.62 bits per heavy atom. The number of carboxylic acids is 2. The van der Waals surface area contributed by atoms with E-state index in [0.717, 1.165) is 19.3 Å². The lowest BCUT2D eigenvalue weighted by Crippen LogP contribution is -2.32. The van der Waals surface area contributed by atoms with Crippen LogP contribution in [0.25, 0.3) is 0 Å². The maximum Gasteiger partial charge on any atom is 0.335 e. The first-order valence-corrected chi connectivity index (χ1v) is 10.7. The van der Waals surface area contributed by atoms with Crippen molar-refractivity contribution in [2.24, 2.45) is 0 Å². The van der Waals surface area contributed by atoms with Gasteiger partial charge in [-0.3, -0.25) is 4.79 Å². The molecule has 2 atom stereocenters. The summed E-state index contributed by atoms with van der Waals surface area (Å²) in [5.74, 6) is -2.18. The Kier molecular flexibility index (Phi) is 13.0. The Hall–Kier alpha value is -1.93. The molecule has 0 aromatic carbocycles. The topological polar surface area (TPSA) is 122 Å². The molecule has 1 rings (SSSR count). The zero-order valence-corrected chi connectivity index (χ0v) is 17.5. The van der Waals surface area contributed by atoms with Crippen LogP contribution < -0.4 is 0 Å². The van der Waals surface area contributed by atoms with Gasteiger partial charge in [0, 0.05) is 18.9 Å². The molecule has 0 amide bonds. The van der Waals surface area contributed by atoms with Gasteiger partial charge < -0.3 is 24.6 Å². The van der Waals surface area contributed by atoms with Crippen molar-refractivity contribution in [2.75, 3.05) is 6.61 Å². The summed E-state index contributed by atoms with van der Waals surface area (Å²) in [6, 6.07) is 0. The van der Waals surface area contributed by atoms with Crippen LogP contribution in [-0.2, 0) is 20.9 Å². The number of imidazole rings is 1. The van der Waals surface area contributed by atoms with Crippen molar-refractivity contribution >= 4 is 11.9 Å². The Balaban J connectivity index is 2.42. The fourth-order valence-electron chi connectivity index (χ4n) is 3.25. The maximum atomic E-state index is 11.2. The molecule has 29 heavy (non-hydrogen) atoms. The maximum absolute atomic E-state index is 11.2. The average molecular weight is 413 g/mol. The minimum absolute atomic E-state index is 0.199. The number of ether oxygens (including phenoxy) is 1. The lowest BCUT2D eigenvalue weighted by atomic mass is 10.1. The molecule has 0 saturated carbocycles. The van der Waals surface area contributed by atoms with Crippen molar-refractivity contribution < 1.29 is 29.6 Å². The first kappa shape index (κ1) is 25.1. The Bertz CT molecular complexity index is 589. The van der Waals surface area contributed by atoms with Crippen LogP contribution in [0.1, 0.15) is 89.5 Å². The number of hydrogen-bond acceptors (Lipinski definition) is 5. The second kappa shape index (κ2) is 15.0. The number of rotatable bonds is 18. The first-order valence-electron chi connectivity index (χ1n) is 10.7. The van der Waals surface area contributed by atoms with Crippen LogP contribution in [0, 0.1) is 0 Å². The van der Waals surface area contributed by atoms with E-state index in [0.29, 0.717) is 12.4 Å². The summed E-state index contributed by atoms with van der Waals surface area (Å²) in [7, 11) is 0. The molecule has 1 heterocycles. The van der Waals surface area contributed by atoms with Gasteiger partial charge in [0.15, 0.2) is 12.2 Å². The molecule has 3 N–H and O–H groups in total. The van der Waals surface area contributed by atoms with Gasteiger partial charge >= 0.3 is 11.9 Å². The molecule has 0 aliphatic heterocycles. The van der Waals surface area contributed by atoms with E-state index in [-0.39, 0.29) is 13.0 Å². The summed E-state index contributed by atoms with van der Waals surface area (Å²) >= 11 is 0. The number of aliphatic carboxylic acids is 2. The van der Waals surface area contributed by atoms with Crippen LogP contribution >= 0.6 is 0 Å². The van der Waals surface area contributed by atoms with Crippen molar-refractivity contribution in [1.29, 1.82) is 0 Å². The molecule has 8 heteroatoms. The summed E-state index contributed by atoms with van der Waals surface area (Å²) in [5, 5.41) is 27.8. The van der Waals surface area contributed by atoms with Crippen LogP contribution in [0.4, 0.5) is 0 Å². The molecular weight excluding hydrogens is 376 g/mol. The first-order chi connectivity index (χ1) is 14.0. The molecule has 0 saturated heterocycles. The Labute approximate surface area is 172 Å². The van der Waals surface area contributed by atoms with Gasteiger partial charge in [-0.25, -0.2) is 9.78 Å². The normalized spacial score (nSPS) is 13.3. The summed E-state index contributed by atoms with van der Waals surface area (Å²) in [6.45, 7) is 2.67. The van der Waals surface area contributed by atoms with Crippen LogP contribution in [0.2, 0.25) is 0 Å². The lowest BCUT2D eigenvalue weighted by molar-refractivity contribution is -0.157. The molecule has 1 aromatic heterocycles. The number of carboxylic acid groups (broad SMARTS) is 2. The van der Waals surface area contributed by atoms with E-state index in [9.17, 15) is 14.7 Å². The van der Waals surface area contributed by atoms with E-state index < -0.39 is 24.1 Å². The monoisotopic (exact) mass is 412 g/mol. The smallest absolute Gasteiger partial charge is 0.335 e. The fourth-order valence-corrected chi connectivity index (χ4v) is 3.25. The Morgan fingerprint density at radius 1 is 1.03 bits per heavy atom. The number of aliphatic hydroxyl groups excluding tert-OH is 1. The molecule has 0 spiro atoms. The van der Waals surface area contributed by atoms with Crippen LogP contribution in [0.3, 0.4) is 0 Å². The number of unbranched alkanes of at least 4 members (excludes halogenated alkanes) is 9. The fraction of sp³-hybridized carbons (Fsp3) is 0.762. The summed E-state index contributed by atoms with van der Waals surface area (Å²) in [4.78, 5) is 26.0. The quantitative estimate of drug-likeness (QED) is 0.314. The van der Waals surface area contributed by atoms with Gasteiger partial charge in [0.1, 0.15) is 5.82 Å². The molecule has 0 aliphatic carbocycles. The van der Waals surface area contributed by atoms with Crippen LogP contribution in [-0.4, -0.2) is 49.5 Å². The van der Waals surface area contributed by atoms with E-state index in [1.165, 1.54) is 51.1 Å². The largest absolute Gasteiger partial charge is 0.481 e. The van der Waals surface area contributed by atoms with Crippen LogP contribution in [0.5, 0.6) is 0 Å². The van der Waals surface area contributed by atoms with Gasteiger partial charge in [-0.2, -0.15) is 0 Å². The minimum atomic E-state index is -1.81. The summed E-state index contributed by atoms with van der Waals surface area (Å²) in [6.07, 6.45) is 12.2. The lowest BCUT2D eigenvalue weighted by Gasteiger charge is -2.21. The van der Waals surface area contributed by atoms with Crippen molar-refractivity contribution in [3.8, 4) is 0 Å². The van der Waals surface area contributed by atoms with Crippen molar-refractivity contribution in [1.82, 2.24) is 9.55 Å². The number of aromatic nitrogens is 2. The third kappa shape index (κ3) is 10.4. The van der Waals surface area contributed by atoms with Crippen molar-refractivity contribution in [3.05, 3.63) is 18.2 Å². The zero-order chi connectivity index (χ0) is 21.5. The molecular formula is C21H36N2O6. The van der Waals surface area contributed by atoms with Crippen LogP contribution in [0.15, 0.2) is 12.4 Å². The summed E-state index contributed by atoms with van der Waals surface area (Å²) in [5.41, 5.74) is 0. The molecule has 1 aromatic rings. The van der Waals surface area contributed by atoms with Crippen molar-refractivity contribution in [2.45, 2.75) is 96.3 Å². The second-order valence-corrected chi connectivity index (χ2v) is 7.38. The number of aliphatic hydroxyl groups is 1. The van der Waals surface area contributed by atoms with Gasteiger partial charge in [0.2, 0.25) is 0 Å². The number of aryl methyl sites for hydroxylation is 1. The molecule has 0 radical (unpaired) electrons. The molecule has 0 aliphatic rings. The van der Waals surface area contributed by atoms with E-state index in [1.54, 1.807) is 10.8 Å². The highest BCUT2D eigenvalue weighted by molar-refractivity contribution is 5.73. The van der Waals surface area contributed by atoms with Gasteiger partial charge in [0.25, 0.3) is 0 Å².